The Bertz CT molecular complexity index is 612. The van der Waals surface area contributed by atoms with E-state index in [0.29, 0.717) is 13.0 Å². The molecular formula is C23H49NO5Si2. The molecule has 0 radical (unpaired) electrons. The van der Waals surface area contributed by atoms with Crippen LogP contribution in [0.3, 0.4) is 0 Å². The molecule has 184 valence electrons. The van der Waals surface area contributed by atoms with Crippen LogP contribution in [0.1, 0.15) is 61.8 Å². The van der Waals surface area contributed by atoms with E-state index in [9.17, 15) is 5.11 Å². The van der Waals surface area contributed by atoms with Gasteiger partial charge < -0.3 is 28.7 Å². The Morgan fingerprint density at radius 2 is 1.45 bits per heavy atom. The lowest BCUT2D eigenvalue weighted by Gasteiger charge is -2.42. The summed E-state index contributed by atoms with van der Waals surface area (Å²) >= 11 is 0. The lowest BCUT2D eigenvalue weighted by atomic mass is 10.0. The summed E-state index contributed by atoms with van der Waals surface area (Å²) in [4.78, 5) is 0. The smallest absolute Gasteiger partial charge is 0.192 e. The SMILES string of the molecule is CC1(C)O[C@H]2[C@@H]([C@H](CCO)O[Si](C)(C)C(C)(C)C)N[C@H](CO[Si](C)(C)C(C)(C)C)[C@H]2O1. The van der Waals surface area contributed by atoms with Gasteiger partial charge in [0.2, 0.25) is 0 Å². The summed E-state index contributed by atoms with van der Waals surface area (Å²) in [5, 5.41) is 13.8. The number of fused-ring (bicyclic) bond motifs is 1. The molecule has 31 heavy (non-hydrogen) atoms. The van der Waals surface area contributed by atoms with Crippen molar-refractivity contribution >= 4 is 16.6 Å². The fourth-order valence-electron chi connectivity index (χ4n) is 3.81. The molecule has 2 rings (SSSR count). The van der Waals surface area contributed by atoms with Crippen molar-refractivity contribution < 1.29 is 23.4 Å². The van der Waals surface area contributed by atoms with Gasteiger partial charge in [-0.2, -0.15) is 0 Å². The van der Waals surface area contributed by atoms with Crippen LogP contribution in [-0.4, -0.2) is 71.1 Å². The van der Waals surface area contributed by atoms with Crippen LogP contribution in [0.25, 0.3) is 0 Å². The van der Waals surface area contributed by atoms with E-state index < -0.39 is 22.4 Å². The summed E-state index contributed by atoms with van der Waals surface area (Å²) in [5.41, 5.74) is 0. The molecule has 0 aromatic rings. The molecule has 0 aromatic carbocycles. The van der Waals surface area contributed by atoms with E-state index in [2.05, 4.69) is 73.0 Å². The topological polar surface area (TPSA) is 69.2 Å². The van der Waals surface area contributed by atoms with Crippen LogP contribution in [0.5, 0.6) is 0 Å². The fraction of sp³-hybridized carbons (Fsp3) is 1.00. The number of hydrogen-bond donors (Lipinski definition) is 2. The maximum atomic E-state index is 9.82. The molecule has 2 aliphatic rings. The van der Waals surface area contributed by atoms with E-state index in [1.807, 2.05) is 13.8 Å². The van der Waals surface area contributed by atoms with E-state index in [1.54, 1.807) is 0 Å². The number of aliphatic hydroxyl groups is 1. The molecule has 0 spiro atoms. The van der Waals surface area contributed by atoms with Crippen molar-refractivity contribution in [1.82, 2.24) is 5.32 Å². The predicted octanol–water partition coefficient (Wildman–Crippen LogP) is 4.64. The van der Waals surface area contributed by atoms with Crippen LogP contribution in [0, 0.1) is 0 Å². The highest BCUT2D eigenvalue weighted by molar-refractivity contribution is 6.74. The molecule has 0 amide bonds. The first-order valence-electron chi connectivity index (χ1n) is 11.9. The zero-order valence-electron chi connectivity index (χ0n) is 22.1. The molecule has 0 unspecified atom stereocenters. The second-order valence-electron chi connectivity index (χ2n) is 12.9. The van der Waals surface area contributed by atoms with Crippen LogP contribution in [-0.2, 0) is 18.3 Å². The number of nitrogens with one attached hydrogen (secondary N) is 1. The summed E-state index contributed by atoms with van der Waals surface area (Å²) in [6, 6.07) is -0.00354. The minimum absolute atomic E-state index is 0.0371. The first kappa shape index (κ1) is 27.4. The first-order valence-corrected chi connectivity index (χ1v) is 17.7. The number of rotatable bonds is 8. The van der Waals surface area contributed by atoms with Crippen molar-refractivity contribution in [2.24, 2.45) is 0 Å². The standard InChI is InChI=1S/C23H49NO5Si2/c1-21(2,3)30(9,10)26-15-16-19-20(28-23(7,8)27-19)18(24-16)17(13-14-25)29-31(11,12)22(4,5)6/h16-20,24-25H,13-15H2,1-12H3/t16-,17+,18-,19-,20+/m1/s1. The Morgan fingerprint density at radius 1 is 0.935 bits per heavy atom. The van der Waals surface area contributed by atoms with Gasteiger partial charge >= 0.3 is 0 Å². The van der Waals surface area contributed by atoms with Crippen LogP contribution in [0.15, 0.2) is 0 Å². The molecule has 0 bridgehead atoms. The molecular weight excluding hydrogens is 426 g/mol. The third-order valence-corrected chi connectivity index (χ3v) is 16.8. The van der Waals surface area contributed by atoms with Crippen LogP contribution in [0.4, 0.5) is 0 Å². The Kier molecular flexibility index (Phi) is 8.05. The Balaban J connectivity index is 2.24. The third-order valence-electron chi connectivity index (χ3n) is 7.82. The van der Waals surface area contributed by atoms with Gasteiger partial charge in [0.15, 0.2) is 22.4 Å². The summed E-state index contributed by atoms with van der Waals surface area (Å²) < 4.78 is 26.1. The van der Waals surface area contributed by atoms with Crippen LogP contribution >= 0.6 is 0 Å². The predicted molar refractivity (Wildman–Crippen MR) is 131 cm³/mol. The van der Waals surface area contributed by atoms with Gasteiger partial charge in [-0.1, -0.05) is 41.5 Å². The molecule has 0 saturated carbocycles. The molecule has 2 saturated heterocycles. The van der Waals surface area contributed by atoms with Crippen molar-refractivity contribution in [3.05, 3.63) is 0 Å². The lowest BCUT2D eigenvalue weighted by Crippen LogP contribution is -2.54. The highest BCUT2D eigenvalue weighted by Gasteiger charge is 2.57. The van der Waals surface area contributed by atoms with Crippen molar-refractivity contribution in [2.45, 2.75) is 134 Å². The van der Waals surface area contributed by atoms with E-state index in [0.717, 1.165) is 0 Å². The molecule has 8 heteroatoms. The lowest BCUT2D eigenvalue weighted by molar-refractivity contribution is -0.160. The van der Waals surface area contributed by atoms with Gasteiger partial charge in [-0.25, -0.2) is 0 Å². The van der Waals surface area contributed by atoms with Gasteiger partial charge in [-0.3, -0.25) is 0 Å². The summed E-state index contributed by atoms with van der Waals surface area (Å²) in [7, 11) is -3.90. The maximum Gasteiger partial charge on any atom is 0.192 e. The monoisotopic (exact) mass is 475 g/mol. The Hall–Kier alpha value is 0.194. The summed E-state index contributed by atoms with van der Waals surface area (Å²) in [6.07, 6.45) is 0.236. The summed E-state index contributed by atoms with van der Waals surface area (Å²) in [6.45, 7) is 27.2. The van der Waals surface area contributed by atoms with Crippen LogP contribution in [0.2, 0.25) is 36.3 Å². The minimum atomic E-state index is -2.02. The van der Waals surface area contributed by atoms with Crippen molar-refractivity contribution in [1.29, 1.82) is 0 Å². The average Bonchev–Trinajstić information content (AvgIpc) is 3.03. The highest BCUT2D eigenvalue weighted by Crippen LogP contribution is 2.42. The Labute approximate surface area is 193 Å². The molecule has 6 nitrogen and oxygen atoms in total. The molecule has 0 aromatic heterocycles. The van der Waals surface area contributed by atoms with Gasteiger partial charge in [0.25, 0.3) is 0 Å². The van der Waals surface area contributed by atoms with E-state index in [1.165, 1.54) is 0 Å². The second-order valence-corrected chi connectivity index (χ2v) is 22.4. The summed E-state index contributed by atoms with van der Waals surface area (Å²) in [5.74, 6) is -0.633. The molecule has 2 N–H and O–H groups in total. The van der Waals surface area contributed by atoms with Gasteiger partial charge in [0.05, 0.1) is 24.8 Å². The number of aliphatic hydroxyl groups excluding tert-OH is 1. The van der Waals surface area contributed by atoms with Crippen molar-refractivity contribution in [3.8, 4) is 0 Å². The molecule has 0 aliphatic carbocycles. The van der Waals surface area contributed by atoms with Gasteiger partial charge in [-0.15, -0.1) is 0 Å². The van der Waals surface area contributed by atoms with Crippen molar-refractivity contribution in [3.63, 3.8) is 0 Å². The van der Waals surface area contributed by atoms with Crippen molar-refractivity contribution in [2.75, 3.05) is 13.2 Å². The second kappa shape index (κ2) is 9.09. The van der Waals surface area contributed by atoms with Gasteiger partial charge in [0.1, 0.15) is 12.2 Å². The highest BCUT2D eigenvalue weighted by atomic mass is 28.4. The van der Waals surface area contributed by atoms with Gasteiger partial charge in [-0.05, 0) is 56.5 Å². The Morgan fingerprint density at radius 3 is 1.94 bits per heavy atom. The zero-order valence-corrected chi connectivity index (χ0v) is 24.1. The van der Waals surface area contributed by atoms with Crippen LogP contribution < -0.4 is 5.32 Å². The van der Waals surface area contributed by atoms with E-state index in [4.69, 9.17) is 18.3 Å². The molecule has 2 aliphatic heterocycles. The molecule has 5 atom stereocenters. The third kappa shape index (κ3) is 6.20. The zero-order chi connectivity index (χ0) is 24.0. The molecule has 2 heterocycles. The largest absolute Gasteiger partial charge is 0.415 e. The molecule has 2 fully saturated rings. The van der Waals surface area contributed by atoms with Gasteiger partial charge in [0, 0.05) is 6.61 Å². The normalized spacial score (nSPS) is 30.5. The quantitative estimate of drug-likeness (QED) is 0.498. The maximum absolute atomic E-state index is 9.82. The fourth-order valence-corrected chi connectivity index (χ4v) is 6.22. The minimum Gasteiger partial charge on any atom is -0.415 e. The van der Waals surface area contributed by atoms with E-state index in [-0.39, 0.29) is 47.1 Å². The van der Waals surface area contributed by atoms with E-state index >= 15 is 0 Å². The number of hydrogen-bond acceptors (Lipinski definition) is 6. The number of ether oxygens (including phenoxy) is 2. The first-order chi connectivity index (χ1) is 13.8. The average molecular weight is 476 g/mol.